The minimum Gasteiger partial charge on any atom is -0.481 e. The molecular weight excluding hydrogens is 172 g/mol. The fourth-order valence-corrected chi connectivity index (χ4v) is 0.931. The van der Waals surface area contributed by atoms with Gasteiger partial charge in [-0.05, 0) is 6.92 Å². The summed E-state index contributed by atoms with van der Waals surface area (Å²) in [6.45, 7) is 2.62. The second-order valence-electron chi connectivity index (χ2n) is 2.70. The van der Waals surface area contributed by atoms with Gasteiger partial charge in [0.15, 0.2) is 0 Å². The largest absolute Gasteiger partial charge is 0.481 e. The van der Waals surface area contributed by atoms with Gasteiger partial charge in [0.2, 0.25) is 0 Å². The van der Waals surface area contributed by atoms with Gasteiger partial charge in [0, 0.05) is 6.54 Å². The Morgan fingerprint density at radius 3 is 3.00 bits per heavy atom. The predicted molar refractivity (Wildman–Crippen MR) is 44.9 cm³/mol. The lowest BCUT2D eigenvalue weighted by Crippen LogP contribution is -2.15. The zero-order valence-corrected chi connectivity index (χ0v) is 7.34. The lowest BCUT2D eigenvalue weighted by Gasteiger charge is -2.02. The van der Waals surface area contributed by atoms with Gasteiger partial charge in [-0.3, -0.25) is 9.48 Å². The zero-order chi connectivity index (χ0) is 9.84. The number of aromatic nitrogens is 3. The normalized spacial score (nSPS) is 12.8. The maximum Gasteiger partial charge on any atom is 0.305 e. The fourth-order valence-electron chi connectivity index (χ4n) is 0.931. The fraction of sp³-hybridized carbons (Fsp3) is 0.571. The van der Waals surface area contributed by atoms with Crippen molar-refractivity contribution >= 4 is 5.97 Å². The molecule has 0 fully saturated rings. The predicted octanol–water partition coefficient (Wildman–Crippen LogP) is -0.228. The molecule has 72 valence electrons. The highest BCUT2D eigenvalue weighted by molar-refractivity contribution is 5.67. The molecule has 1 aromatic rings. The topological polar surface area (TPSA) is 94.0 Å². The first-order valence-electron chi connectivity index (χ1n) is 4.01. The third-order valence-electron chi connectivity index (χ3n) is 1.65. The average Bonchev–Trinajstić information content (AvgIpc) is 2.50. The summed E-state index contributed by atoms with van der Waals surface area (Å²) >= 11 is 0. The Hall–Kier alpha value is -1.43. The van der Waals surface area contributed by atoms with Crippen LogP contribution in [0.3, 0.4) is 0 Å². The number of carbonyl (C=O) groups is 1. The Balaban J connectivity index is 2.65. The number of rotatable bonds is 4. The minimum absolute atomic E-state index is 0.123. The van der Waals surface area contributed by atoms with Crippen LogP contribution in [0, 0.1) is 0 Å². The third-order valence-corrected chi connectivity index (χ3v) is 1.65. The molecule has 0 saturated heterocycles. The van der Waals surface area contributed by atoms with Crippen molar-refractivity contribution in [3.8, 4) is 0 Å². The second-order valence-corrected chi connectivity index (χ2v) is 2.70. The van der Waals surface area contributed by atoms with Crippen molar-refractivity contribution in [2.45, 2.75) is 25.9 Å². The van der Waals surface area contributed by atoms with Gasteiger partial charge in [0.1, 0.15) is 0 Å². The molecule has 1 rings (SSSR count). The van der Waals surface area contributed by atoms with Crippen molar-refractivity contribution < 1.29 is 9.90 Å². The Morgan fingerprint density at radius 1 is 1.85 bits per heavy atom. The molecule has 3 N–H and O–H groups in total. The number of nitrogens with zero attached hydrogens (tertiary/aromatic N) is 3. The molecular formula is C7H12N4O2. The van der Waals surface area contributed by atoms with E-state index in [2.05, 4.69) is 10.3 Å². The number of hydrogen-bond donors (Lipinski definition) is 2. The van der Waals surface area contributed by atoms with Crippen molar-refractivity contribution in [1.29, 1.82) is 0 Å². The smallest absolute Gasteiger partial charge is 0.305 e. The van der Waals surface area contributed by atoms with Crippen molar-refractivity contribution in [3.05, 3.63) is 11.9 Å². The monoisotopic (exact) mass is 184 g/mol. The van der Waals surface area contributed by atoms with Crippen LogP contribution in [0.2, 0.25) is 0 Å². The second kappa shape index (κ2) is 3.99. The quantitative estimate of drug-likeness (QED) is 0.674. The molecule has 1 atom stereocenters. The van der Waals surface area contributed by atoms with E-state index in [4.69, 9.17) is 10.8 Å². The highest BCUT2D eigenvalue weighted by Gasteiger charge is 2.13. The number of aliphatic carboxylic acids is 1. The summed E-state index contributed by atoms with van der Waals surface area (Å²) < 4.78 is 1.61. The van der Waals surface area contributed by atoms with E-state index in [9.17, 15) is 4.79 Å². The summed E-state index contributed by atoms with van der Waals surface area (Å²) in [5, 5.41) is 16.0. The summed E-state index contributed by atoms with van der Waals surface area (Å²) in [6.07, 6.45) is 1.54. The van der Waals surface area contributed by atoms with Crippen LogP contribution in [0.4, 0.5) is 0 Å². The van der Waals surface area contributed by atoms with Crippen LogP contribution in [0.15, 0.2) is 6.20 Å². The van der Waals surface area contributed by atoms with Crippen molar-refractivity contribution in [2.75, 3.05) is 0 Å². The summed E-state index contributed by atoms with van der Waals surface area (Å²) in [7, 11) is 0. The minimum atomic E-state index is -0.932. The molecule has 0 aliphatic heterocycles. The van der Waals surface area contributed by atoms with E-state index in [1.165, 1.54) is 0 Å². The van der Waals surface area contributed by atoms with Crippen LogP contribution in [0.5, 0.6) is 0 Å². The number of hydrogen-bond acceptors (Lipinski definition) is 4. The Labute approximate surface area is 75.3 Å². The number of carboxylic acids is 1. The first kappa shape index (κ1) is 9.66. The Bertz CT molecular complexity index is 296. The molecule has 6 heteroatoms. The molecule has 0 amide bonds. The summed E-state index contributed by atoms with van der Waals surface area (Å²) in [5.41, 5.74) is 6.09. The highest BCUT2D eigenvalue weighted by Crippen LogP contribution is 2.09. The van der Waals surface area contributed by atoms with Gasteiger partial charge in [0.25, 0.3) is 0 Å². The average molecular weight is 184 g/mol. The SMILES string of the molecule is CCn1cc([C@@H](N)CC(=O)O)nn1. The van der Waals surface area contributed by atoms with Gasteiger partial charge >= 0.3 is 5.97 Å². The molecule has 0 radical (unpaired) electrons. The van der Waals surface area contributed by atoms with Gasteiger partial charge in [-0.25, -0.2) is 0 Å². The Kier molecular flexibility index (Phi) is 2.97. The lowest BCUT2D eigenvalue weighted by molar-refractivity contribution is -0.137. The highest BCUT2D eigenvalue weighted by atomic mass is 16.4. The van der Waals surface area contributed by atoms with Crippen LogP contribution >= 0.6 is 0 Å². The van der Waals surface area contributed by atoms with Crippen molar-refractivity contribution in [1.82, 2.24) is 15.0 Å². The maximum atomic E-state index is 10.3. The van der Waals surface area contributed by atoms with Crippen LogP contribution < -0.4 is 5.73 Å². The van der Waals surface area contributed by atoms with E-state index in [0.717, 1.165) is 0 Å². The van der Waals surface area contributed by atoms with Crippen LogP contribution in [-0.4, -0.2) is 26.1 Å². The van der Waals surface area contributed by atoms with E-state index >= 15 is 0 Å². The number of nitrogens with two attached hydrogens (primary N) is 1. The van der Waals surface area contributed by atoms with Gasteiger partial charge < -0.3 is 10.8 Å². The summed E-state index contributed by atoms with van der Waals surface area (Å²) in [5.74, 6) is -0.932. The first-order chi connectivity index (χ1) is 6.13. The Morgan fingerprint density at radius 2 is 2.54 bits per heavy atom. The maximum absolute atomic E-state index is 10.3. The van der Waals surface area contributed by atoms with Gasteiger partial charge in [-0.15, -0.1) is 5.10 Å². The van der Waals surface area contributed by atoms with E-state index in [1.807, 2.05) is 6.92 Å². The molecule has 0 spiro atoms. The van der Waals surface area contributed by atoms with Gasteiger partial charge in [0.05, 0.1) is 24.4 Å². The molecule has 0 aliphatic carbocycles. The summed E-state index contributed by atoms with van der Waals surface area (Å²) in [6, 6.07) is -0.571. The molecule has 0 unspecified atom stereocenters. The van der Waals surface area contributed by atoms with E-state index in [-0.39, 0.29) is 6.42 Å². The molecule has 0 bridgehead atoms. The molecule has 0 aromatic carbocycles. The van der Waals surface area contributed by atoms with Crippen LogP contribution in [0.25, 0.3) is 0 Å². The molecule has 6 nitrogen and oxygen atoms in total. The number of carboxylic acid groups (broad SMARTS) is 1. The molecule has 0 saturated carbocycles. The van der Waals surface area contributed by atoms with Crippen molar-refractivity contribution in [3.63, 3.8) is 0 Å². The van der Waals surface area contributed by atoms with Gasteiger partial charge in [-0.1, -0.05) is 5.21 Å². The molecule has 1 heterocycles. The lowest BCUT2D eigenvalue weighted by atomic mass is 10.2. The number of aryl methyl sites for hydroxylation is 1. The first-order valence-corrected chi connectivity index (χ1v) is 4.01. The molecule has 0 aliphatic rings. The standard InChI is InChI=1S/C7H12N4O2/c1-2-11-4-6(9-10-11)5(8)3-7(12)13/h4-5H,2-3,8H2,1H3,(H,12,13)/t5-/m0/s1. The summed E-state index contributed by atoms with van der Waals surface area (Å²) in [4.78, 5) is 10.3. The van der Waals surface area contributed by atoms with E-state index in [1.54, 1.807) is 10.9 Å². The van der Waals surface area contributed by atoms with Gasteiger partial charge in [-0.2, -0.15) is 0 Å². The molecule has 13 heavy (non-hydrogen) atoms. The van der Waals surface area contributed by atoms with E-state index in [0.29, 0.717) is 12.2 Å². The van der Waals surface area contributed by atoms with Crippen molar-refractivity contribution in [2.24, 2.45) is 5.73 Å². The zero-order valence-electron chi connectivity index (χ0n) is 7.34. The molecule has 1 aromatic heterocycles. The van der Waals surface area contributed by atoms with Crippen LogP contribution in [0.1, 0.15) is 25.1 Å². The van der Waals surface area contributed by atoms with E-state index < -0.39 is 12.0 Å². The van der Waals surface area contributed by atoms with Crippen LogP contribution in [-0.2, 0) is 11.3 Å². The third kappa shape index (κ3) is 2.51.